The number of alkyl halides is 3. The van der Waals surface area contributed by atoms with Gasteiger partial charge in [0.05, 0.1) is 5.92 Å². The lowest BCUT2D eigenvalue weighted by Gasteiger charge is -2.32. The summed E-state index contributed by atoms with van der Waals surface area (Å²) in [6.45, 7) is 3.74. The number of aldehydes is 1. The van der Waals surface area contributed by atoms with E-state index in [-0.39, 0.29) is 12.3 Å². The van der Waals surface area contributed by atoms with Gasteiger partial charge in [-0.25, -0.2) is 0 Å². The molecule has 0 saturated carbocycles. The summed E-state index contributed by atoms with van der Waals surface area (Å²) in [6.07, 6.45) is 4.56. The van der Waals surface area contributed by atoms with Crippen molar-refractivity contribution in [1.29, 1.82) is 0 Å². The van der Waals surface area contributed by atoms with E-state index in [1.807, 2.05) is 19.1 Å². The minimum Gasteiger partial charge on any atom is -0.303 e. The quantitative estimate of drug-likeness (QED) is 0.492. The van der Waals surface area contributed by atoms with E-state index in [1.165, 1.54) is 0 Å². The fourth-order valence-corrected chi connectivity index (χ4v) is 2.75. The largest absolute Gasteiger partial charge is 0.392 e. The Morgan fingerprint density at radius 2 is 2.00 bits per heavy atom. The van der Waals surface area contributed by atoms with Crippen molar-refractivity contribution in [1.82, 2.24) is 0 Å². The van der Waals surface area contributed by atoms with Gasteiger partial charge in [-0.15, -0.1) is 0 Å². The normalized spacial score (nSPS) is 25.6. The van der Waals surface area contributed by atoms with Gasteiger partial charge in [0.25, 0.3) is 0 Å². The fraction of sp³-hybridized carbons (Fsp3) is 0.688. The molecule has 0 aliphatic heterocycles. The number of rotatable bonds is 6. The summed E-state index contributed by atoms with van der Waals surface area (Å²) < 4.78 is 39.4. The molecule has 0 amide bonds. The van der Waals surface area contributed by atoms with E-state index in [2.05, 4.69) is 0 Å². The molecule has 1 aliphatic carbocycles. The smallest absolute Gasteiger partial charge is 0.303 e. The SMILES string of the molecule is CC/C=C(\CCC(C)C=O)C1CC=CCC1C(F)(F)F. The van der Waals surface area contributed by atoms with Crippen LogP contribution in [0, 0.1) is 17.8 Å². The molecule has 0 bridgehead atoms. The van der Waals surface area contributed by atoms with Crippen molar-refractivity contribution < 1.29 is 18.0 Å². The lowest BCUT2D eigenvalue weighted by molar-refractivity contribution is -0.185. The Labute approximate surface area is 118 Å². The maximum Gasteiger partial charge on any atom is 0.392 e. The van der Waals surface area contributed by atoms with Crippen LogP contribution in [0.15, 0.2) is 23.8 Å². The van der Waals surface area contributed by atoms with Crippen molar-refractivity contribution in [2.45, 2.75) is 52.1 Å². The molecular formula is C16H23F3O. The highest BCUT2D eigenvalue weighted by molar-refractivity contribution is 5.52. The maximum atomic E-state index is 13.1. The second-order valence-electron chi connectivity index (χ2n) is 5.54. The van der Waals surface area contributed by atoms with Crippen molar-refractivity contribution in [2.75, 3.05) is 0 Å². The molecule has 0 aromatic carbocycles. The van der Waals surface area contributed by atoms with E-state index >= 15 is 0 Å². The average molecular weight is 288 g/mol. The van der Waals surface area contributed by atoms with Gasteiger partial charge in [-0.3, -0.25) is 0 Å². The highest BCUT2D eigenvalue weighted by Gasteiger charge is 2.45. The van der Waals surface area contributed by atoms with E-state index in [0.29, 0.717) is 19.3 Å². The Morgan fingerprint density at radius 3 is 2.55 bits per heavy atom. The molecule has 1 aliphatic rings. The Hall–Kier alpha value is -1.06. The molecule has 3 atom stereocenters. The summed E-state index contributed by atoms with van der Waals surface area (Å²) in [5.41, 5.74) is 0.868. The van der Waals surface area contributed by atoms with Crippen LogP contribution in [-0.2, 0) is 4.79 Å². The standard InChI is InChI=1S/C16H23F3O/c1-3-6-13(10-9-12(2)11-20)14-7-4-5-8-15(14)16(17,18)19/h4-6,11-12,14-15H,3,7-10H2,1-2H3/b13-6+. The third kappa shape index (κ3) is 4.80. The van der Waals surface area contributed by atoms with Crippen LogP contribution in [-0.4, -0.2) is 12.5 Å². The van der Waals surface area contributed by atoms with Crippen molar-refractivity contribution in [3.05, 3.63) is 23.8 Å². The van der Waals surface area contributed by atoms with Crippen LogP contribution in [0.1, 0.15) is 46.0 Å². The zero-order chi connectivity index (χ0) is 15.2. The van der Waals surface area contributed by atoms with Crippen LogP contribution < -0.4 is 0 Å². The first-order chi connectivity index (χ1) is 9.40. The predicted octanol–water partition coefficient (Wildman–Crippen LogP) is 5.08. The Morgan fingerprint density at radius 1 is 1.35 bits per heavy atom. The van der Waals surface area contributed by atoms with E-state index in [1.54, 1.807) is 13.0 Å². The van der Waals surface area contributed by atoms with Crippen LogP contribution in [0.4, 0.5) is 13.2 Å². The number of halogens is 3. The number of carbonyl (C=O) groups excluding carboxylic acids is 1. The molecule has 0 saturated heterocycles. The Bertz CT molecular complexity index is 368. The second kappa shape index (κ2) is 7.65. The Kier molecular flexibility index (Phi) is 6.50. The molecule has 114 valence electrons. The zero-order valence-corrected chi connectivity index (χ0v) is 12.1. The highest BCUT2D eigenvalue weighted by atomic mass is 19.4. The van der Waals surface area contributed by atoms with Gasteiger partial charge in [-0.2, -0.15) is 13.2 Å². The summed E-state index contributed by atoms with van der Waals surface area (Å²) in [5.74, 6) is -1.84. The molecule has 20 heavy (non-hydrogen) atoms. The molecule has 3 unspecified atom stereocenters. The maximum absolute atomic E-state index is 13.1. The van der Waals surface area contributed by atoms with Crippen LogP contribution in [0.3, 0.4) is 0 Å². The molecule has 0 heterocycles. The van der Waals surface area contributed by atoms with Crippen LogP contribution in [0.5, 0.6) is 0 Å². The minimum absolute atomic E-state index is 0.0679. The molecule has 0 radical (unpaired) electrons. The lowest BCUT2D eigenvalue weighted by atomic mass is 9.75. The van der Waals surface area contributed by atoms with E-state index in [4.69, 9.17) is 0 Å². The minimum atomic E-state index is -4.15. The van der Waals surface area contributed by atoms with Crippen LogP contribution in [0.2, 0.25) is 0 Å². The van der Waals surface area contributed by atoms with Gasteiger partial charge in [0.2, 0.25) is 0 Å². The van der Waals surface area contributed by atoms with Gasteiger partial charge in [-0.1, -0.05) is 37.6 Å². The van der Waals surface area contributed by atoms with E-state index in [0.717, 1.165) is 18.3 Å². The first-order valence-electron chi connectivity index (χ1n) is 7.26. The molecule has 0 spiro atoms. The molecule has 0 aromatic heterocycles. The first-order valence-corrected chi connectivity index (χ1v) is 7.26. The lowest BCUT2D eigenvalue weighted by Crippen LogP contribution is -2.32. The first kappa shape index (κ1) is 17.0. The van der Waals surface area contributed by atoms with Gasteiger partial charge in [0.1, 0.15) is 6.29 Å². The summed E-state index contributed by atoms with van der Waals surface area (Å²) in [5, 5.41) is 0. The average Bonchev–Trinajstić information content (AvgIpc) is 2.42. The number of carbonyl (C=O) groups is 1. The van der Waals surface area contributed by atoms with Gasteiger partial charge < -0.3 is 4.79 Å². The summed E-state index contributed by atoms with van der Waals surface area (Å²) >= 11 is 0. The summed E-state index contributed by atoms with van der Waals surface area (Å²) in [4.78, 5) is 10.7. The molecule has 0 N–H and O–H groups in total. The molecular weight excluding hydrogens is 265 g/mol. The fourth-order valence-electron chi connectivity index (χ4n) is 2.75. The second-order valence-corrected chi connectivity index (χ2v) is 5.54. The van der Waals surface area contributed by atoms with Crippen molar-refractivity contribution in [2.24, 2.45) is 17.8 Å². The van der Waals surface area contributed by atoms with Gasteiger partial charge in [-0.05, 0) is 38.0 Å². The van der Waals surface area contributed by atoms with E-state index in [9.17, 15) is 18.0 Å². The summed E-state index contributed by atoms with van der Waals surface area (Å²) in [6, 6.07) is 0. The van der Waals surface area contributed by atoms with Crippen LogP contribution in [0.25, 0.3) is 0 Å². The summed E-state index contributed by atoms with van der Waals surface area (Å²) in [7, 11) is 0. The van der Waals surface area contributed by atoms with Crippen molar-refractivity contribution in [3.8, 4) is 0 Å². The molecule has 0 fully saturated rings. The van der Waals surface area contributed by atoms with Crippen molar-refractivity contribution >= 4 is 6.29 Å². The number of hydrogen-bond donors (Lipinski definition) is 0. The Balaban J connectivity index is 2.85. The monoisotopic (exact) mass is 288 g/mol. The third-order valence-corrected chi connectivity index (χ3v) is 3.92. The predicted molar refractivity (Wildman–Crippen MR) is 74.2 cm³/mol. The zero-order valence-electron chi connectivity index (χ0n) is 12.1. The molecule has 1 nitrogen and oxygen atoms in total. The number of allylic oxidation sites excluding steroid dienone is 4. The van der Waals surface area contributed by atoms with E-state index < -0.39 is 18.0 Å². The topological polar surface area (TPSA) is 17.1 Å². The van der Waals surface area contributed by atoms with Gasteiger partial charge >= 0.3 is 6.18 Å². The van der Waals surface area contributed by atoms with Crippen molar-refractivity contribution in [3.63, 3.8) is 0 Å². The number of hydrogen-bond acceptors (Lipinski definition) is 1. The molecule has 4 heteroatoms. The third-order valence-electron chi connectivity index (χ3n) is 3.92. The molecule has 1 rings (SSSR count). The van der Waals surface area contributed by atoms with Gasteiger partial charge in [0.15, 0.2) is 0 Å². The molecule has 0 aromatic rings. The van der Waals surface area contributed by atoms with Gasteiger partial charge in [0, 0.05) is 5.92 Å². The van der Waals surface area contributed by atoms with Crippen LogP contribution >= 0.6 is 0 Å². The highest BCUT2D eigenvalue weighted by Crippen LogP contribution is 2.43.